The zero-order chi connectivity index (χ0) is 17.2. The van der Waals surface area contributed by atoms with Crippen LogP contribution in [0.1, 0.15) is 104 Å². The lowest BCUT2D eigenvalue weighted by Crippen LogP contribution is -2.20. The molecule has 0 aromatic carbocycles. The van der Waals surface area contributed by atoms with Gasteiger partial charge >= 0.3 is 5.97 Å². The van der Waals surface area contributed by atoms with Gasteiger partial charge in [0.05, 0.1) is 6.61 Å². The topological polar surface area (TPSA) is 35.5 Å². The van der Waals surface area contributed by atoms with E-state index in [1.54, 1.807) is 6.92 Å². The number of hydrogen-bond acceptors (Lipinski definition) is 3. The van der Waals surface area contributed by atoms with Crippen molar-refractivity contribution >= 4 is 15.4 Å². The van der Waals surface area contributed by atoms with E-state index >= 15 is 0 Å². The van der Waals surface area contributed by atoms with E-state index < -0.39 is 6.10 Å². The van der Waals surface area contributed by atoms with Crippen LogP contribution in [0.3, 0.4) is 0 Å². The van der Waals surface area contributed by atoms with Crippen molar-refractivity contribution in [2.75, 3.05) is 6.61 Å². The third-order valence-corrected chi connectivity index (χ3v) is 4.69. The Hall–Kier alpha value is -0.140. The van der Waals surface area contributed by atoms with Gasteiger partial charge < -0.3 is 9.26 Å². The van der Waals surface area contributed by atoms with Crippen LogP contribution in [0.2, 0.25) is 0 Å². The summed E-state index contributed by atoms with van der Waals surface area (Å²) in [6, 6.07) is 0. The summed E-state index contributed by atoms with van der Waals surface area (Å²) in [5.74, 6) is -0.269. The summed E-state index contributed by atoms with van der Waals surface area (Å²) < 4.78 is 9.95. The second-order valence-corrected chi connectivity index (χ2v) is 6.81. The summed E-state index contributed by atoms with van der Waals surface area (Å²) in [7, 11) is 2.09. The lowest BCUT2D eigenvalue weighted by molar-refractivity contribution is -0.150. The molecule has 0 aliphatic rings. The molecule has 0 radical (unpaired) electrons. The molecule has 0 spiro atoms. The molecule has 0 aromatic rings. The Kier molecular flexibility index (Phi) is 18.1. The lowest BCUT2D eigenvalue weighted by atomic mass is 10.0. The molecule has 2 unspecified atom stereocenters. The van der Waals surface area contributed by atoms with E-state index in [1.807, 2.05) is 0 Å². The van der Waals surface area contributed by atoms with Crippen molar-refractivity contribution in [1.29, 1.82) is 0 Å². The average molecular weight is 346 g/mol. The van der Waals surface area contributed by atoms with Crippen molar-refractivity contribution in [2.24, 2.45) is 0 Å². The van der Waals surface area contributed by atoms with E-state index in [-0.39, 0.29) is 5.97 Å². The van der Waals surface area contributed by atoms with E-state index in [9.17, 15) is 4.79 Å². The SMILES string of the molecule is CCCCCCCCCCCCCCCCOC(=O)C(C)OP. The number of hydrogen-bond donors (Lipinski definition) is 0. The molecule has 23 heavy (non-hydrogen) atoms. The molecule has 0 fully saturated rings. The maximum Gasteiger partial charge on any atom is 0.335 e. The molecule has 0 heterocycles. The predicted molar refractivity (Wildman–Crippen MR) is 102 cm³/mol. The van der Waals surface area contributed by atoms with Crippen LogP contribution in [-0.2, 0) is 14.1 Å². The van der Waals surface area contributed by atoms with Gasteiger partial charge in [-0.05, 0) is 13.3 Å². The Morgan fingerprint density at radius 3 is 1.57 bits per heavy atom. The Morgan fingerprint density at radius 2 is 1.17 bits per heavy atom. The summed E-state index contributed by atoms with van der Waals surface area (Å²) in [5, 5.41) is 0. The number of carbonyl (C=O) groups excluding carboxylic acids is 1. The van der Waals surface area contributed by atoms with Crippen LogP contribution in [0, 0.1) is 0 Å². The van der Waals surface area contributed by atoms with E-state index in [1.165, 1.54) is 77.0 Å². The quantitative estimate of drug-likeness (QED) is 0.178. The van der Waals surface area contributed by atoms with Gasteiger partial charge in [0.15, 0.2) is 6.10 Å². The Balaban J connectivity index is 3.09. The molecule has 0 amide bonds. The first kappa shape index (κ1) is 22.9. The third kappa shape index (κ3) is 16.5. The first-order valence-corrected chi connectivity index (χ1v) is 10.2. The molecule has 0 aliphatic heterocycles. The molecule has 0 aliphatic carbocycles. The van der Waals surface area contributed by atoms with Crippen LogP contribution in [0.15, 0.2) is 0 Å². The number of esters is 1. The summed E-state index contributed by atoms with van der Waals surface area (Å²) in [6.07, 6.45) is 18.2. The average Bonchev–Trinajstić information content (AvgIpc) is 2.57. The Morgan fingerprint density at radius 1 is 0.783 bits per heavy atom. The highest BCUT2D eigenvalue weighted by Crippen LogP contribution is 2.13. The smallest absolute Gasteiger partial charge is 0.335 e. The van der Waals surface area contributed by atoms with Crippen LogP contribution >= 0.6 is 9.47 Å². The third-order valence-electron chi connectivity index (χ3n) is 4.28. The van der Waals surface area contributed by atoms with Crippen molar-refractivity contribution in [1.82, 2.24) is 0 Å². The lowest BCUT2D eigenvalue weighted by Gasteiger charge is -2.09. The summed E-state index contributed by atoms with van der Waals surface area (Å²) in [5.41, 5.74) is 0. The molecular formula is C19H39O3P. The molecule has 3 nitrogen and oxygen atoms in total. The predicted octanol–water partition coefficient (Wildman–Crippen LogP) is 6.21. The normalized spacial score (nSPS) is 12.3. The second kappa shape index (κ2) is 18.2. The highest BCUT2D eigenvalue weighted by atomic mass is 31.0. The van der Waals surface area contributed by atoms with Gasteiger partial charge in [0.25, 0.3) is 0 Å². The number of ether oxygens (including phenoxy) is 1. The van der Waals surface area contributed by atoms with Crippen molar-refractivity contribution in [3.05, 3.63) is 0 Å². The fourth-order valence-electron chi connectivity index (χ4n) is 2.64. The van der Waals surface area contributed by atoms with Gasteiger partial charge in [0, 0.05) is 9.47 Å². The van der Waals surface area contributed by atoms with Crippen LogP contribution in [0.25, 0.3) is 0 Å². The number of rotatable bonds is 17. The molecule has 0 aromatic heterocycles. The van der Waals surface area contributed by atoms with E-state index in [0.717, 1.165) is 12.8 Å². The highest BCUT2D eigenvalue weighted by Gasteiger charge is 2.12. The van der Waals surface area contributed by atoms with Crippen LogP contribution in [-0.4, -0.2) is 18.7 Å². The molecule has 138 valence electrons. The van der Waals surface area contributed by atoms with Crippen LogP contribution in [0.5, 0.6) is 0 Å². The molecule has 0 bridgehead atoms. The fraction of sp³-hybridized carbons (Fsp3) is 0.947. The minimum absolute atomic E-state index is 0.269. The fourth-order valence-corrected chi connectivity index (χ4v) is 2.75. The van der Waals surface area contributed by atoms with Gasteiger partial charge in [-0.3, -0.25) is 0 Å². The molecule has 2 atom stereocenters. The van der Waals surface area contributed by atoms with Gasteiger partial charge in [-0.25, -0.2) is 4.79 Å². The van der Waals surface area contributed by atoms with Crippen LogP contribution in [0.4, 0.5) is 0 Å². The minimum atomic E-state index is -0.480. The molecule has 0 saturated heterocycles. The van der Waals surface area contributed by atoms with Gasteiger partial charge in [0.2, 0.25) is 0 Å². The Bertz CT molecular complexity index is 259. The first-order chi connectivity index (χ1) is 11.2. The molecule has 0 N–H and O–H groups in total. The monoisotopic (exact) mass is 346 g/mol. The van der Waals surface area contributed by atoms with Crippen molar-refractivity contribution in [3.8, 4) is 0 Å². The highest BCUT2D eigenvalue weighted by molar-refractivity contribution is 7.09. The van der Waals surface area contributed by atoms with Crippen LogP contribution < -0.4 is 0 Å². The molecular weight excluding hydrogens is 307 g/mol. The van der Waals surface area contributed by atoms with Crippen molar-refractivity contribution in [2.45, 2.75) is 110 Å². The van der Waals surface area contributed by atoms with Gasteiger partial charge in [-0.1, -0.05) is 90.4 Å². The molecule has 0 rings (SSSR count). The summed E-state index contributed by atoms with van der Waals surface area (Å²) in [6.45, 7) is 4.49. The molecule has 4 heteroatoms. The summed E-state index contributed by atoms with van der Waals surface area (Å²) >= 11 is 0. The Labute approximate surface area is 146 Å². The van der Waals surface area contributed by atoms with E-state index in [0.29, 0.717) is 6.61 Å². The first-order valence-electron chi connectivity index (χ1n) is 9.74. The van der Waals surface area contributed by atoms with Crippen molar-refractivity contribution < 1.29 is 14.1 Å². The van der Waals surface area contributed by atoms with Gasteiger partial charge in [-0.15, -0.1) is 0 Å². The summed E-state index contributed by atoms with van der Waals surface area (Å²) in [4.78, 5) is 11.3. The zero-order valence-electron chi connectivity index (χ0n) is 15.5. The standard InChI is InChI=1S/C19H39O3P/c1-3-4-5-6-7-8-9-10-11-12-13-14-15-16-17-21-19(20)18(2)22-23/h18H,3-17,23H2,1-2H3. The minimum Gasteiger partial charge on any atom is -0.464 e. The molecule has 0 saturated carbocycles. The van der Waals surface area contributed by atoms with Gasteiger partial charge in [-0.2, -0.15) is 0 Å². The maximum absolute atomic E-state index is 11.3. The number of carbonyl (C=O) groups is 1. The maximum atomic E-state index is 11.3. The van der Waals surface area contributed by atoms with Crippen molar-refractivity contribution in [3.63, 3.8) is 0 Å². The zero-order valence-corrected chi connectivity index (χ0v) is 16.6. The van der Waals surface area contributed by atoms with Gasteiger partial charge in [0.1, 0.15) is 0 Å². The number of unbranched alkanes of at least 4 members (excludes halogenated alkanes) is 13. The largest absolute Gasteiger partial charge is 0.464 e. The van der Waals surface area contributed by atoms with E-state index in [4.69, 9.17) is 9.26 Å². The van der Waals surface area contributed by atoms with E-state index in [2.05, 4.69) is 16.4 Å². The second-order valence-electron chi connectivity index (χ2n) is 6.54.